The Morgan fingerprint density at radius 2 is 2.25 bits per heavy atom. The molecule has 1 atom stereocenters. The maximum atomic E-state index is 12.3. The zero-order valence-electron chi connectivity index (χ0n) is 11.0. The van der Waals surface area contributed by atoms with Crippen molar-refractivity contribution in [2.75, 3.05) is 18.4 Å². The molecule has 1 aromatic rings. The molecule has 1 aliphatic heterocycles. The Kier molecular flexibility index (Phi) is 4.73. The zero-order valence-corrected chi connectivity index (χ0v) is 12.5. The van der Waals surface area contributed by atoms with Crippen molar-refractivity contribution >= 4 is 40.8 Å². The third kappa shape index (κ3) is 3.16. The van der Waals surface area contributed by atoms with Gasteiger partial charge in [-0.05, 0) is 24.6 Å². The minimum Gasteiger partial charge on any atom is -0.353 e. The van der Waals surface area contributed by atoms with Crippen LogP contribution in [-0.4, -0.2) is 36.0 Å². The Morgan fingerprint density at radius 3 is 2.95 bits per heavy atom. The fraction of sp³-hybridized carbons (Fsp3) is 0.385. The van der Waals surface area contributed by atoms with Crippen LogP contribution in [0, 0.1) is 0 Å². The Morgan fingerprint density at radius 1 is 1.50 bits per heavy atom. The lowest BCUT2D eigenvalue weighted by molar-refractivity contribution is -0.127. The van der Waals surface area contributed by atoms with Gasteiger partial charge in [-0.1, -0.05) is 30.1 Å². The van der Waals surface area contributed by atoms with Gasteiger partial charge in [-0.3, -0.25) is 4.79 Å². The van der Waals surface area contributed by atoms with E-state index in [4.69, 9.17) is 23.2 Å². The number of anilines is 1. The van der Waals surface area contributed by atoms with Crippen molar-refractivity contribution < 1.29 is 9.59 Å². The van der Waals surface area contributed by atoms with Crippen molar-refractivity contribution in [3.63, 3.8) is 0 Å². The molecule has 5 nitrogen and oxygen atoms in total. The highest BCUT2D eigenvalue weighted by Gasteiger charge is 2.31. The number of rotatable bonds is 2. The number of nitrogens with zero attached hydrogens (tertiary/aromatic N) is 1. The Bertz CT molecular complexity index is 536. The van der Waals surface area contributed by atoms with Gasteiger partial charge in [0.2, 0.25) is 5.91 Å². The van der Waals surface area contributed by atoms with E-state index >= 15 is 0 Å². The molecule has 1 saturated heterocycles. The van der Waals surface area contributed by atoms with Gasteiger partial charge < -0.3 is 15.5 Å². The van der Waals surface area contributed by atoms with Crippen LogP contribution in [0.2, 0.25) is 10.0 Å². The number of hydrogen-bond donors (Lipinski definition) is 2. The van der Waals surface area contributed by atoms with Gasteiger partial charge >= 0.3 is 6.03 Å². The lowest BCUT2D eigenvalue weighted by atomic mass is 10.1. The van der Waals surface area contributed by atoms with Crippen molar-refractivity contribution in [3.05, 3.63) is 28.2 Å². The van der Waals surface area contributed by atoms with Crippen LogP contribution in [0.25, 0.3) is 0 Å². The van der Waals surface area contributed by atoms with Crippen LogP contribution in [-0.2, 0) is 4.79 Å². The van der Waals surface area contributed by atoms with E-state index in [-0.39, 0.29) is 11.9 Å². The fourth-order valence-electron chi connectivity index (χ4n) is 2.14. The van der Waals surface area contributed by atoms with Crippen LogP contribution in [0.5, 0.6) is 0 Å². The zero-order chi connectivity index (χ0) is 14.7. The summed E-state index contributed by atoms with van der Waals surface area (Å²) in [5.41, 5.74) is 0.435. The van der Waals surface area contributed by atoms with Crippen molar-refractivity contribution in [2.24, 2.45) is 0 Å². The van der Waals surface area contributed by atoms with Gasteiger partial charge in [0.05, 0.1) is 10.7 Å². The van der Waals surface area contributed by atoms with E-state index in [0.29, 0.717) is 35.2 Å². The number of urea groups is 1. The topological polar surface area (TPSA) is 61.4 Å². The molecule has 2 rings (SSSR count). The lowest BCUT2D eigenvalue weighted by Crippen LogP contribution is -2.57. The van der Waals surface area contributed by atoms with Crippen LogP contribution < -0.4 is 10.6 Å². The maximum Gasteiger partial charge on any atom is 0.322 e. The summed E-state index contributed by atoms with van der Waals surface area (Å²) in [5.74, 6) is -0.133. The Hall–Kier alpha value is -1.46. The molecule has 0 aromatic heterocycles. The quantitative estimate of drug-likeness (QED) is 0.881. The summed E-state index contributed by atoms with van der Waals surface area (Å²) in [4.78, 5) is 25.5. The first-order valence-corrected chi connectivity index (χ1v) is 7.09. The SMILES string of the molecule is CCC1C(=O)NCCN1C(=O)Nc1cc(Cl)ccc1Cl. The largest absolute Gasteiger partial charge is 0.353 e. The summed E-state index contributed by atoms with van der Waals surface area (Å²) in [6.45, 7) is 2.78. The van der Waals surface area contributed by atoms with Gasteiger partial charge in [-0.15, -0.1) is 0 Å². The summed E-state index contributed by atoms with van der Waals surface area (Å²) >= 11 is 11.9. The van der Waals surface area contributed by atoms with E-state index in [2.05, 4.69) is 10.6 Å². The number of nitrogens with one attached hydrogen (secondary N) is 2. The summed E-state index contributed by atoms with van der Waals surface area (Å²) in [5, 5.41) is 6.32. The van der Waals surface area contributed by atoms with E-state index in [9.17, 15) is 9.59 Å². The van der Waals surface area contributed by atoms with Gasteiger partial charge in [0, 0.05) is 18.1 Å². The van der Waals surface area contributed by atoms with Gasteiger partial charge in [-0.2, -0.15) is 0 Å². The van der Waals surface area contributed by atoms with Crippen LogP contribution in [0.4, 0.5) is 10.5 Å². The minimum atomic E-state index is -0.457. The Balaban J connectivity index is 2.14. The Labute approximate surface area is 127 Å². The van der Waals surface area contributed by atoms with E-state index in [0.717, 1.165) is 0 Å². The number of benzene rings is 1. The van der Waals surface area contributed by atoms with Gasteiger partial charge in [0.15, 0.2) is 0 Å². The molecule has 0 spiro atoms. The molecule has 2 N–H and O–H groups in total. The normalized spacial score (nSPS) is 18.6. The summed E-state index contributed by atoms with van der Waals surface area (Å²) in [7, 11) is 0. The number of piperazine rings is 1. The number of hydrogen-bond acceptors (Lipinski definition) is 2. The van der Waals surface area contributed by atoms with Crippen LogP contribution >= 0.6 is 23.2 Å². The molecule has 1 fully saturated rings. The number of carbonyl (C=O) groups excluding carboxylic acids is 2. The first-order valence-electron chi connectivity index (χ1n) is 6.33. The van der Waals surface area contributed by atoms with Gasteiger partial charge in [-0.25, -0.2) is 4.79 Å². The fourth-order valence-corrected chi connectivity index (χ4v) is 2.48. The second-order valence-electron chi connectivity index (χ2n) is 4.46. The molecule has 1 heterocycles. The van der Waals surface area contributed by atoms with E-state index in [1.807, 2.05) is 6.92 Å². The number of amides is 3. The molecule has 108 valence electrons. The molecule has 0 aliphatic carbocycles. The molecule has 1 aliphatic rings. The highest BCUT2D eigenvalue weighted by atomic mass is 35.5. The van der Waals surface area contributed by atoms with Crippen molar-refractivity contribution in [2.45, 2.75) is 19.4 Å². The van der Waals surface area contributed by atoms with Gasteiger partial charge in [0.25, 0.3) is 0 Å². The molecule has 1 aromatic carbocycles. The smallest absolute Gasteiger partial charge is 0.322 e. The molecule has 20 heavy (non-hydrogen) atoms. The van der Waals surface area contributed by atoms with Crippen LogP contribution in [0.3, 0.4) is 0 Å². The van der Waals surface area contributed by atoms with Crippen LogP contribution in [0.15, 0.2) is 18.2 Å². The van der Waals surface area contributed by atoms with E-state index < -0.39 is 6.04 Å². The van der Waals surface area contributed by atoms with E-state index in [1.165, 1.54) is 4.90 Å². The second-order valence-corrected chi connectivity index (χ2v) is 5.31. The van der Waals surface area contributed by atoms with Gasteiger partial charge in [0.1, 0.15) is 6.04 Å². The molecular weight excluding hydrogens is 301 g/mol. The molecule has 3 amide bonds. The third-order valence-electron chi connectivity index (χ3n) is 3.15. The molecule has 1 unspecified atom stereocenters. The first kappa shape index (κ1) is 14.9. The maximum absolute atomic E-state index is 12.3. The number of halogens is 2. The van der Waals surface area contributed by atoms with Crippen molar-refractivity contribution in [3.8, 4) is 0 Å². The molecule has 7 heteroatoms. The third-order valence-corrected chi connectivity index (χ3v) is 3.71. The predicted octanol–water partition coefficient (Wildman–Crippen LogP) is 2.74. The summed E-state index contributed by atoms with van der Waals surface area (Å²) in [6.07, 6.45) is 0.558. The average molecular weight is 316 g/mol. The molecule has 0 bridgehead atoms. The summed E-state index contributed by atoms with van der Waals surface area (Å²) < 4.78 is 0. The number of carbonyl (C=O) groups is 2. The van der Waals surface area contributed by atoms with Crippen LogP contribution in [0.1, 0.15) is 13.3 Å². The average Bonchev–Trinajstić information content (AvgIpc) is 2.42. The monoisotopic (exact) mass is 315 g/mol. The standard InChI is InChI=1S/C13H15Cl2N3O2/c1-2-11-12(19)16-5-6-18(11)13(20)17-10-7-8(14)3-4-9(10)15/h3-4,7,11H,2,5-6H2,1H3,(H,16,19)(H,17,20). The predicted molar refractivity (Wildman–Crippen MR) is 79.3 cm³/mol. The minimum absolute atomic E-state index is 0.133. The molecular formula is C13H15Cl2N3O2. The molecule has 0 saturated carbocycles. The van der Waals surface area contributed by atoms with Crippen molar-refractivity contribution in [1.82, 2.24) is 10.2 Å². The lowest BCUT2D eigenvalue weighted by Gasteiger charge is -2.34. The highest BCUT2D eigenvalue weighted by molar-refractivity contribution is 6.35. The summed E-state index contributed by atoms with van der Waals surface area (Å²) in [6, 6.07) is 4.02. The van der Waals surface area contributed by atoms with E-state index in [1.54, 1.807) is 18.2 Å². The first-order chi connectivity index (χ1) is 9.52. The second kappa shape index (κ2) is 6.33. The molecule has 0 radical (unpaired) electrons. The highest BCUT2D eigenvalue weighted by Crippen LogP contribution is 2.26. The van der Waals surface area contributed by atoms with Crippen molar-refractivity contribution in [1.29, 1.82) is 0 Å².